The molecule has 2 amide bonds. The van der Waals surface area contributed by atoms with Gasteiger partial charge in [-0.25, -0.2) is 4.79 Å². The standard InChI is InChI=1S/C24H37N3O3/c1-2-21(20-9-10-22-23(17-20)30-16-15-29-22)25-24(28)27-12-6-11-26(13-14-27)18-19-7-4-3-5-8-19/h9-10,17,19,21H,2-8,11-16,18H2,1H3,(H,25,28). The first-order valence-corrected chi connectivity index (χ1v) is 11.9. The Morgan fingerprint density at radius 1 is 1.03 bits per heavy atom. The van der Waals surface area contributed by atoms with Crippen molar-refractivity contribution in [3.8, 4) is 11.5 Å². The molecule has 1 aliphatic carbocycles. The Morgan fingerprint density at radius 3 is 2.63 bits per heavy atom. The first-order chi connectivity index (χ1) is 14.7. The maximum absolute atomic E-state index is 13.0. The number of carbonyl (C=O) groups excluding carboxylic acids is 1. The Kier molecular flexibility index (Phi) is 7.37. The minimum atomic E-state index is -0.0186. The number of fused-ring (bicyclic) bond motifs is 1. The summed E-state index contributed by atoms with van der Waals surface area (Å²) in [6, 6.07) is 6.03. The third-order valence-electron chi connectivity index (χ3n) is 6.79. The molecule has 0 spiro atoms. The Bertz CT molecular complexity index is 705. The summed E-state index contributed by atoms with van der Waals surface area (Å²) in [6.45, 7) is 8.24. The molecular formula is C24H37N3O3. The summed E-state index contributed by atoms with van der Waals surface area (Å²) in [5.74, 6) is 2.43. The molecule has 2 fully saturated rings. The van der Waals surface area contributed by atoms with E-state index < -0.39 is 0 Å². The summed E-state index contributed by atoms with van der Waals surface area (Å²) >= 11 is 0. The Labute approximate surface area is 180 Å². The van der Waals surface area contributed by atoms with Crippen molar-refractivity contribution in [3.63, 3.8) is 0 Å². The van der Waals surface area contributed by atoms with Gasteiger partial charge >= 0.3 is 6.03 Å². The highest BCUT2D eigenvalue weighted by Crippen LogP contribution is 2.33. The number of hydrogen-bond acceptors (Lipinski definition) is 4. The monoisotopic (exact) mass is 415 g/mol. The summed E-state index contributed by atoms with van der Waals surface area (Å²) in [6.07, 6.45) is 8.86. The van der Waals surface area contributed by atoms with Gasteiger partial charge in [-0.1, -0.05) is 32.3 Å². The Morgan fingerprint density at radius 2 is 1.83 bits per heavy atom. The molecule has 166 valence electrons. The lowest BCUT2D eigenvalue weighted by molar-refractivity contribution is 0.171. The van der Waals surface area contributed by atoms with Gasteiger partial charge in [-0.2, -0.15) is 0 Å². The topological polar surface area (TPSA) is 54.0 Å². The third-order valence-corrected chi connectivity index (χ3v) is 6.79. The van der Waals surface area contributed by atoms with Gasteiger partial charge in [0.1, 0.15) is 13.2 Å². The molecular weight excluding hydrogens is 378 g/mol. The van der Waals surface area contributed by atoms with Crippen molar-refractivity contribution in [3.05, 3.63) is 23.8 Å². The van der Waals surface area contributed by atoms with Crippen molar-refractivity contribution in [1.29, 1.82) is 0 Å². The van der Waals surface area contributed by atoms with Gasteiger partial charge in [0.15, 0.2) is 11.5 Å². The second kappa shape index (κ2) is 10.4. The molecule has 1 N–H and O–H groups in total. The second-order valence-corrected chi connectivity index (χ2v) is 8.96. The predicted molar refractivity (Wildman–Crippen MR) is 118 cm³/mol. The van der Waals surface area contributed by atoms with Gasteiger partial charge in [-0.15, -0.1) is 0 Å². The predicted octanol–water partition coefficient (Wildman–Crippen LogP) is 4.21. The Balaban J connectivity index is 1.31. The summed E-state index contributed by atoms with van der Waals surface area (Å²) < 4.78 is 11.3. The van der Waals surface area contributed by atoms with Crippen molar-refractivity contribution < 1.29 is 14.3 Å². The number of urea groups is 1. The average Bonchev–Trinajstić information content (AvgIpc) is 3.03. The molecule has 1 aromatic carbocycles. The number of nitrogens with one attached hydrogen (secondary N) is 1. The highest BCUT2D eigenvalue weighted by molar-refractivity contribution is 5.74. The van der Waals surface area contributed by atoms with Crippen LogP contribution in [0.1, 0.15) is 63.5 Å². The van der Waals surface area contributed by atoms with Gasteiger partial charge in [-0.3, -0.25) is 0 Å². The summed E-state index contributed by atoms with van der Waals surface area (Å²) in [4.78, 5) is 17.6. The number of benzene rings is 1. The number of hydrogen-bond donors (Lipinski definition) is 1. The second-order valence-electron chi connectivity index (χ2n) is 8.96. The van der Waals surface area contributed by atoms with E-state index in [1.165, 1.54) is 38.6 Å². The fraction of sp³-hybridized carbons (Fsp3) is 0.708. The molecule has 2 heterocycles. The van der Waals surface area contributed by atoms with Gasteiger partial charge in [0.2, 0.25) is 0 Å². The largest absolute Gasteiger partial charge is 0.486 e. The summed E-state index contributed by atoms with van der Waals surface area (Å²) in [5.41, 5.74) is 1.07. The minimum absolute atomic E-state index is 0.0186. The van der Waals surface area contributed by atoms with E-state index in [-0.39, 0.29) is 12.1 Å². The van der Waals surface area contributed by atoms with E-state index in [0.29, 0.717) is 13.2 Å². The van der Waals surface area contributed by atoms with Crippen LogP contribution in [0.15, 0.2) is 18.2 Å². The van der Waals surface area contributed by atoms with Crippen LogP contribution in [0.3, 0.4) is 0 Å². The Hall–Kier alpha value is -1.95. The van der Waals surface area contributed by atoms with Crippen LogP contribution in [0.2, 0.25) is 0 Å². The van der Waals surface area contributed by atoms with E-state index in [4.69, 9.17) is 9.47 Å². The molecule has 0 aromatic heterocycles. The maximum atomic E-state index is 13.0. The molecule has 1 atom stereocenters. The van der Waals surface area contributed by atoms with Crippen molar-refractivity contribution >= 4 is 6.03 Å². The van der Waals surface area contributed by atoms with Gasteiger partial charge in [-0.05, 0) is 55.8 Å². The van der Waals surface area contributed by atoms with Crippen LogP contribution < -0.4 is 14.8 Å². The zero-order valence-corrected chi connectivity index (χ0v) is 18.4. The van der Waals surface area contributed by atoms with Gasteiger partial charge < -0.3 is 24.6 Å². The molecule has 1 saturated carbocycles. The SMILES string of the molecule is CCC(NC(=O)N1CCCN(CC2CCCCC2)CC1)c1ccc2c(c1)OCCO2. The molecule has 4 rings (SSSR count). The summed E-state index contributed by atoms with van der Waals surface area (Å²) in [7, 11) is 0. The zero-order valence-electron chi connectivity index (χ0n) is 18.4. The number of rotatable bonds is 5. The molecule has 1 unspecified atom stereocenters. The van der Waals surface area contributed by atoms with Crippen LogP contribution in [-0.4, -0.2) is 61.8 Å². The molecule has 6 heteroatoms. The first kappa shape index (κ1) is 21.3. The molecule has 0 bridgehead atoms. The zero-order chi connectivity index (χ0) is 20.8. The minimum Gasteiger partial charge on any atom is -0.486 e. The fourth-order valence-corrected chi connectivity index (χ4v) is 5.03. The van der Waals surface area contributed by atoms with E-state index in [2.05, 4.69) is 17.1 Å². The maximum Gasteiger partial charge on any atom is 0.317 e. The summed E-state index contributed by atoms with van der Waals surface area (Å²) in [5, 5.41) is 3.26. The first-order valence-electron chi connectivity index (χ1n) is 11.9. The molecule has 0 radical (unpaired) electrons. The number of nitrogens with zero attached hydrogens (tertiary/aromatic N) is 2. The van der Waals surface area contributed by atoms with Crippen molar-refractivity contribution in [2.24, 2.45) is 5.92 Å². The van der Waals surface area contributed by atoms with Crippen LogP contribution >= 0.6 is 0 Å². The molecule has 2 aliphatic heterocycles. The van der Waals surface area contributed by atoms with Crippen LogP contribution in [0.25, 0.3) is 0 Å². The molecule has 1 aromatic rings. The molecule has 30 heavy (non-hydrogen) atoms. The van der Waals surface area contributed by atoms with Crippen molar-refractivity contribution in [2.75, 3.05) is 45.9 Å². The average molecular weight is 416 g/mol. The number of ether oxygens (including phenoxy) is 2. The highest BCUT2D eigenvalue weighted by Gasteiger charge is 2.24. The lowest BCUT2D eigenvalue weighted by Gasteiger charge is -2.29. The third kappa shape index (κ3) is 5.39. The quantitative estimate of drug-likeness (QED) is 0.783. The smallest absolute Gasteiger partial charge is 0.317 e. The van der Waals surface area contributed by atoms with E-state index >= 15 is 0 Å². The van der Waals surface area contributed by atoms with Crippen molar-refractivity contribution in [1.82, 2.24) is 15.1 Å². The number of carbonyl (C=O) groups is 1. The molecule has 1 saturated heterocycles. The van der Waals surface area contributed by atoms with Gasteiger partial charge in [0, 0.05) is 26.2 Å². The lowest BCUT2D eigenvalue weighted by Crippen LogP contribution is -2.43. The van der Waals surface area contributed by atoms with E-state index in [0.717, 1.165) is 62.0 Å². The van der Waals surface area contributed by atoms with E-state index in [1.54, 1.807) is 0 Å². The molecule has 6 nitrogen and oxygen atoms in total. The highest BCUT2D eigenvalue weighted by atomic mass is 16.6. The van der Waals surface area contributed by atoms with E-state index in [1.807, 2.05) is 23.1 Å². The normalized spacial score (nSPS) is 21.7. The van der Waals surface area contributed by atoms with Gasteiger partial charge in [0.05, 0.1) is 6.04 Å². The lowest BCUT2D eigenvalue weighted by atomic mass is 9.89. The van der Waals surface area contributed by atoms with Crippen LogP contribution in [0, 0.1) is 5.92 Å². The molecule has 3 aliphatic rings. The van der Waals surface area contributed by atoms with Crippen LogP contribution in [0.4, 0.5) is 4.79 Å². The van der Waals surface area contributed by atoms with Crippen molar-refractivity contribution in [2.45, 2.75) is 57.9 Å². The van der Waals surface area contributed by atoms with Crippen LogP contribution in [-0.2, 0) is 0 Å². The van der Waals surface area contributed by atoms with Crippen LogP contribution in [0.5, 0.6) is 11.5 Å². The van der Waals surface area contributed by atoms with E-state index in [9.17, 15) is 4.79 Å². The fourth-order valence-electron chi connectivity index (χ4n) is 5.03. The van der Waals surface area contributed by atoms with Gasteiger partial charge in [0.25, 0.3) is 0 Å². The number of amides is 2.